The first-order valence-electron chi connectivity index (χ1n) is 8.99. The van der Waals surface area contributed by atoms with E-state index in [0.717, 1.165) is 5.69 Å². The van der Waals surface area contributed by atoms with Gasteiger partial charge in [-0.05, 0) is 31.2 Å². The molecule has 2 heterocycles. The van der Waals surface area contributed by atoms with Gasteiger partial charge in [-0.2, -0.15) is 4.31 Å². The van der Waals surface area contributed by atoms with Gasteiger partial charge in [0.15, 0.2) is 0 Å². The third-order valence-corrected chi connectivity index (χ3v) is 6.72. The second-order valence-electron chi connectivity index (χ2n) is 6.59. The van der Waals surface area contributed by atoms with Gasteiger partial charge in [0.1, 0.15) is 11.3 Å². The first-order valence-corrected chi connectivity index (χ1v) is 10.4. The highest BCUT2D eigenvalue weighted by atomic mass is 32.2. The number of amides is 1. The van der Waals surface area contributed by atoms with Crippen LogP contribution >= 0.6 is 0 Å². The minimum absolute atomic E-state index is 0.0230. The van der Waals surface area contributed by atoms with Crippen molar-refractivity contribution in [2.75, 3.05) is 38.7 Å². The van der Waals surface area contributed by atoms with Crippen LogP contribution in [-0.4, -0.2) is 56.6 Å². The molecule has 0 spiro atoms. The lowest BCUT2D eigenvalue weighted by Crippen LogP contribution is -2.40. The second kappa shape index (κ2) is 8.36. The molecule has 0 radical (unpaired) electrons. The maximum atomic E-state index is 12.8. The number of pyridine rings is 1. The summed E-state index contributed by atoms with van der Waals surface area (Å²) in [7, 11) is -0.742. The average Bonchev–Trinajstić information content (AvgIpc) is 2.72. The minimum Gasteiger partial charge on any atom is -0.495 e. The zero-order chi connectivity index (χ0) is 21.2. The van der Waals surface area contributed by atoms with Crippen LogP contribution in [0, 0.1) is 6.92 Å². The monoisotopic (exact) mass is 421 g/mol. The summed E-state index contributed by atoms with van der Waals surface area (Å²) in [5.74, 6) is -0.427. The molecule has 0 bridgehead atoms. The summed E-state index contributed by atoms with van der Waals surface area (Å²) in [6, 6.07) is 7.33. The number of aromatic nitrogens is 1. The first-order chi connectivity index (χ1) is 13.8. The number of ether oxygens (including phenoxy) is 2. The fourth-order valence-corrected chi connectivity index (χ4v) is 4.39. The van der Waals surface area contributed by atoms with Gasteiger partial charge >= 0.3 is 0 Å². The number of aryl methyl sites for hydroxylation is 1. The Morgan fingerprint density at radius 2 is 1.86 bits per heavy atom. The van der Waals surface area contributed by atoms with Crippen LogP contribution in [0.5, 0.6) is 5.75 Å². The van der Waals surface area contributed by atoms with Gasteiger partial charge in [0, 0.05) is 31.9 Å². The molecule has 1 aliphatic rings. The highest BCUT2D eigenvalue weighted by molar-refractivity contribution is 7.89. The van der Waals surface area contributed by atoms with Gasteiger partial charge in [-0.3, -0.25) is 9.59 Å². The van der Waals surface area contributed by atoms with Gasteiger partial charge < -0.3 is 19.4 Å². The summed E-state index contributed by atoms with van der Waals surface area (Å²) < 4.78 is 38.8. The van der Waals surface area contributed by atoms with Gasteiger partial charge in [-0.1, -0.05) is 0 Å². The predicted octanol–water partition coefficient (Wildman–Crippen LogP) is 0.976. The van der Waals surface area contributed by atoms with Crippen LogP contribution in [0.2, 0.25) is 0 Å². The average molecular weight is 421 g/mol. The van der Waals surface area contributed by atoms with Crippen LogP contribution in [-0.2, 0) is 21.8 Å². The minimum atomic E-state index is -3.70. The topological polar surface area (TPSA) is 107 Å². The lowest BCUT2D eigenvalue weighted by Gasteiger charge is -2.26. The van der Waals surface area contributed by atoms with Crippen LogP contribution in [0.4, 0.5) is 5.69 Å². The van der Waals surface area contributed by atoms with Crippen molar-refractivity contribution in [3.8, 4) is 5.75 Å². The number of hydrogen-bond donors (Lipinski definition) is 1. The number of anilines is 1. The molecule has 1 saturated heterocycles. The van der Waals surface area contributed by atoms with Crippen molar-refractivity contribution < 1.29 is 22.7 Å². The Bertz CT molecular complexity index is 1090. The molecule has 0 saturated carbocycles. The van der Waals surface area contributed by atoms with E-state index in [1.807, 2.05) is 0 Å². The van der Waals surface area contributed by atoms with E-state index in [0.29, 0.717) is 13.2 Å². The van der Waals surface area contributed by atoms with E-state index in [1.165, 1.54) is 40.2 Å². The van der Waals surface area contributed by atoms with Crippen LogP contribution in [0.15, 0.2) is 40.0 Å². The largest absolute Gasteiger partial charge is 0.495 e. The summed E-state index contributed by atoms with van der Waals surface area (Å²) in [5, 5.41) is 2.62. The Balaban J connectivity index is 1.89. The number of carbonyl (C=O) groups is 1. The fourth-order valence-electron chi connectivity index (χ4n) is 2.96. The molecule has 10 heteroatoms. The van der Waals surface area contributed by atoms with Gasteiger partial charge in [0.05, 0.1) is 30.9 Å². The fraction of sp³-hybridized carbons (Fsp3) is 0.368. The van der Waals surface area contributed by atoms with Crippen molar-refractivity contribution in [1.82, 2.24) is 8.87 Å². The van der Waals surface area contributed by atoms with E-state index in [9.17, 15) is 18.0 Å². The number of methoxy groups -OCH3 is 1. The number of nitrogens with zero attached hydrogens (tertiary/aromatic N) is 2. The molecule has 2 aromatic rings. The normalized spacial score (nSPS) is 15.1. The van der Waals surface area contributed by atoms with Gasteiger partial charge in [0.25, 0.3) is 11.5 Å². The zero-order valence-corrected chi connectivity index (χ0v) is 17.3. The summed E-state index contributed by atoms with van der Waals surface area (Å²) in [4.78, 5) is 24.9. The molecule has 0 unspecified atom stereocenters. The van der Waals surface area contributed by atoms with Crippen molar-refractivity contribution >= 4 is 21.6 Å². The lowest BCUT2D eigenvalue weighted by atomic mass is 10.2. The molecule has 1 amide bonds. The van der Waals surface area contributed by atoms with Crippen molar-refractivity contribution in [1.29, 1.82) is 0 Å². The second-order valence-corrected chi connectivity index (χ2v) is 8.52. The van der Waals surface area contributed by atoms with E-state index in [1.54, 1.807) is 20.0 Å². The molecule has 0 aliphatic carbocycles. The predicted molar refractivity (Wildman–Crippen MR) is 107 cm³/mol. The molecule has 1 aliphatic heterocycles. The number of benzene rings is 1. The van der Waals surface area contributed by atoms with Crippen LogP contribution < -0.4 is 15.6 Å². The van der Waals surface area contributed by atoms with Crippen molar-refractivity contribution in [3.63, 3.8) is 0 Å². The molecule has 9 nitrogen and oxygen atoms in total. The summed E-state index contributed by atoms with van der Waals surface area (Å²) in [6.07, 6.45) is 0. The molecule has 1 N–H and O–H groups in total. The third-order valence-electron chi connectivity index (χ3n) is 4.83. The van der Waals surface area contributed by atoms with Crippen molar-refractivity contribution in [3.05, 3.63) is 51.9 Å². The number of carbonyl (C=O) groups excluding carboxylic acids is 1. The third kappa shape index (κ3) is 4.19. The summed E-state index contributed by atoms with van der Waals surface area (Å²) in [6.45, 7) is 3.01. The van der Waals surface area contributed by atoms with Crippen molar-refractivity contribution in [2.24, 2.45) is 7.05 Å². The van der Waals surface area contributed by atoms with Crippen LogP contribution in [0.25, 0.3) is 0 Å². The number of rotatable bonds is 5. The molecule has 0 atom stereocenters. The van der Waals surface area contributed by atoms with E-state index in [2.05, 4.69) is 5.32 Å². The van der Waals surface area contributed by atoms with Gasteiger partial charge in [0.2, 0.25) is 10.0 Å². The maximum Gasteiger partial charge on any atom is 0.263 e. The summed E-state index contributed by atoms with van der Waals surface area (Å²) >= 11 is 0. The number of hydrogen-bond acceptors (Lipinski definition) is 6. The Morgan fingerprint density at radius 3 is 2.52 bits per heavy atom. The SMILES string of the molecule is COc1cc(S(=O)(=O)N2CCOCC2)ccc1NC(=O)c1ccc(C)n(C)c1=O. The molecular formula is C19H23N3O6S. The van der Waals surface area contributed by atoms with E-state index < -0.39 is 21.5 Å². The smallest absolute Gasteiger partial charge is 0.263 e. The Labute approximate surface area is 168 Å². The number of morpholine rings is 1. The maximum absolute atomic E-state index is 12.8. The molecule has 1 fully saturated rings. The summed E-state index contributed by atoms with van der Waals surface area (Å²) in [5.41, 5.74) is 0.543. The number of sulfonamides is 1. The Morgan fingerprint density at radius 1 is 1.17 bits per heavy atom. The molecular weight excluding hydrogens is 398 g/mol. The highest BCUT2D eigenvalue weighted by Crippen LogP contribution is 2.29. The lowest BCUT2D eigenvalue weighted by molar-refractivity contribution is 0.0730. The van der Waals surface area contributed by atoms with Gasteiger partial charge in [-0.25, -0.2) is 8.42 Å². The first kappa shape index (κ1) is 21.0. The molecule has 156 valence electrons. The molecule has 1 aromatic heterocycles. The number of nitrogens with one attached hydrogen (secondary N) is 1. The van der Waals surface area contributed by atoms with Crippen LogP contribution in [0.1, 0.15) is 16.1 Å². The Hall–Kier alpha value is -2.69. The highest BCUT2D eigenvalue weighted by Gasteiger charge is 2.27. The molecule has 1 aromatic carbocycles. The Kier molecular flexibility index (Phi) is 6.06. The van der Waals surface area contributed by atoms with E-state index >= 15 is 0 Å². The van der Waals surface area contributed by atoms with Crippen LogP contribution in [0.3, 0.4) is 0 Å². The van der Waals surface area contributed by atoms with Crippen molar-refractivity contribution in [2.45, 2.75) is 11.8 Å². The van der Waals surface area contributed by atoms with Gasteiger partial charge in [-0.15, -0.1) is 0 Å². The molecule has 3 rings (SSSR count). The van der Waals surface area contributed by atoms with E-state index in [4.69, 9.17) is 9.47 Å². The van der Waals surface area contributed by atoms with E-state index in [-0.39, 0.29) is 35.0 Å². The molecule has 29 heavy (non-hydrogen) atoms. The standard InChI is InChI=1S/C19H23N3O6S/c1-13-4-6-15(19(24)21(13)2)18(23)20-16-7-5-14(12-17(16)27-3)29(25,26)22-8-10-28-11-9-22/h4-7,12H,8-11H2,1-3H3,(H,20,23). The quantitative estimate of drug-likeness (QED) is 0.771. The zero-order valence-electron chi connectivity index (χ0n) is 16.5.